The summed E-state index contributed by atoms with van der Waals surface area (Å²) < 4.78 is 23.6. The number of thiazole rings is 1. The smallest absolute Gasteiger partial charge is 0.0893 e. The van der Waals surface area contributed by atoms with E-state index in [0.29, 0.717) is 6.10 Å². The Bertz CT molecular complexity index is 669. The van der Waals surface area contributed by atoms with Gasteiger partial charge in [0.15, 0.2) is 0 Å². The number of ether oxygens (including phenoxy) is 3. The average Bonchev–Trinajstić information content (AvgIpc) is 3.30. The predicted molar refractivity (Wildman–Crippen MR) is 179 cm³/mol. The van der Waals surface area contributed by atoms with Crippen molar-refractivity contribution in [3.05, 3.63) is 52.5 Å². The highest BCUT2D eigenvalue weighted by Crippen LogP contribution is 1.98. The molecule has 7 heteroatoms. The van der Waals surface area contributed by atoms with Crippen LogP contribution in [0.15, 0.2) is 41.9 Å². The van der Waals surface area contributed by atoms with Crippen LogP contribution in [0.2, 0.25) is 0 Å². The summed E-state index contributed by atoms with van der Waals surface area (Å²) in [5, 5.41) is 3.10. The maximum atomic E-state index is 10.1. The van der Waals surface area contributed by atoms with Crippen molar-refractivity contribution in [3.63, 3.8) is 0 Å². The zero-order chi connectivity index (χ0) is 31.4. The molecular formula is C31H65NO4S2. The molecule has 0 unspecified atom stereocenters. The molecule has 0 amide bonds. The molecule has 0 fully saturated rings. The van der Waals surface area contributed by atoms with Crippen LogP contribution in [0.1, 0.15) is 78.8 Å². The number of nitrogens with zero attached hydrogens (tertiary/aromatic N) is 1. The zero-order valence-corrected chi connectivity index (χ0v) is 29.6. The van der Waals surface area contributed by atoms with Gasteiger partial charge in [-0.05, 0) is 55.9 Å². The normalized spacial score (nSPS) is 8.79. The van der Waals surface area contributed by atoms with E-state index >= 15 is 0 Å². The first-order valence-corrected chi connectivity index (χ1v) is 16.5. The standard InChI is InChI=1S/C7H8.C4H5NS.C4H10O.2C4H10.C3H8OS.C3H8O.C2H6O/c1-7-5-3-2-4-6-7;1-4-5-2-3-6-4;1-4(2)5-3;1-4(2)3;1-3-4-2;1-5(2,3)4;1-3-4-2;1-3-2/h2-6H,1H3;2-3H,1H3;4H,1-3H3;4H,1-3H3;3-4H2,1-2H3;1H2,2-3H3;3H2,1-2H3;1-2H3. The van der Waals surface area contributed by atoms with Gasteiger partial charge in [0.05, 0.1) is 11.1 Å². The molecule has 0 N–H and O–H groups in total. The van der Waals surface area contributed by atoms with Crippen LogP contribution in [-0.4, -0.2) is 68.7 Å². The fourth-order valence-electron chi connectivity index (χ4n) is 0.829. The summed E-state index contributed by atoms with van der Waals surface area (Å²) in [5.41, 5.74) is 1.32. The molecule has 230 valence electrons. The fourth-order valence-corrected chi connectivity index (χ4v) is 1.27. The zero-order valence-electron chi connectivity index (χ0n) is 27.9. The molecule has 0 atom stereocenters. The lowest BCUT2D eigenvalue weighted by atomic mass is 10.2. The van der Waals surface area contributed by atoms with Crippen LogP contribution in [0.25, 0.3) is 0 Å². The Morgan fingerprint density at radius 1 is 0.895 bits per heavy atom. The van der Waals surface area contributed by atoms with E-state index in [0.717, 1.165) is 17.5 Å². The number of hydrogen-bond acceptors (Lipinski definition) is 6. The summed E-state index contributed by atoms with van der Waals surface area (Å²) in [4.78, 5) is 3.94. The Kier molecular flexibility index (Phi) is 56.0. The van der Waals surface area contributed by atoms with E-state index in [1.165, 1.54) is 18.4 Å². The molecule has 0 bridgehead atoms. The number of unbranched alkanes of at least 4 members (excludes halogenated alkanes) is 1. The van der Waals surface area contributed by atoms with Gasteiger partial charge in [-0.1, -0.05) is 83.4 Å². The monoisotopic (exact) mass is 579 g/mol. The molecule has 0 spiro atoms. The van der Waals surface area contributed by atoms with E-state index in [4.69, 9.17) is 4.74 Å². The van der Waals surface area contributed by atoms with Crippen LogP contribution in [0.5, 0.6) is 0 Å². The van der Waals surface area contributed by atoms with Crippen LogP contribution < -0.4 is 0 Å². The minimum Gasteiger partial charge on any atom is -0.388 e. The maximum absolute atomic E-state index is 10.1. The summed E-state index contributed by atoms with van der Waals surface area (Å²) in [6.07, 6.45) is 8.04. The molecular weight excluding hydrogens is 514 g/mol. The second-order valence-corrected chi connectivity index (χ2v) is 13.1. The lowest BCUT2D eigenvalue weighted by Gasteiger charge is -1.94. The number of aryl methyl sites for hydroxylation is 2. The molecule has 0 radical (unpaired) electrons. The molecule has 0 aliphatic rings. The summed E-state index contributed by atoms with van der Waals surface area (Å²) in [5.74, 6) is 4.13. The first-order valence-electron chi connectivity index (χ1n) is 13.1. The molecule has 0 saturated carbocycles. The van der Waals surface area contributed by atoms with Crippen molar-refractivity contribution in [2.45, 2.75) is 88.2 Å². The number of rotatable bonds is 3. The van der Waals surface area contributed by atoms with Crippen LogP contribution in [-0.2, 0) is 23.7 Å². The van der Waals surface area contributed by atoms with Gasteiger partial charge in [0.2, 0.25) is 0 Å². The lowest BCUT2D eigenvalue weighted by Crippen LogP contribution is -1.94. The van der Waals surface area contributed by atoms with Gasteiger partial charge in [-0.2, -0.15) is 0 Å². The average molecular weight is 580 g/mol. The minimum atomic E-state index is -1.67. The molecule has 38 heavy (non-hydrogen) atoms. The third-order valence-electron chi connectivity index (χ3n) is 2.76. The van der Waals surface area contributed by atoms with Crippen LogP contribution in [0.3, 0.4) is 0 Å². The SMILES string of the molecule is C=S(C)(C)=O.CC(C)C.CCCC.CCOC.COC.COC(C)C.Cc1ccccc1.Cc1nccs1. The van der Waals surface area contributed by atoms with Crippen LogP contribution in [0, 0.1) is 19.8 Å². The van der Waals surface area contributed by atoms with Gasteiger partial charge in [-0.3, -0.25) is 9.19 Å². The highest BCUT2D eigenvalue weighted by Gasteiger charge is 1.78. The molecule has 2 aromatic rings. The first kappa shape index (κ1) is 49.7. The van der Waals surface area contributed by atoms with E-state index in [9.17, 15) is 4.21 Å². The molecule has 1 aromatic carbocycles. The van der Waals surface area contributed by atoms with Gasteiger partial charge in [0, 0.05) is 59.1 Å². The van der Waals surface area contributed by atoms with E-state index in [1.807, 2.05) is 51.3 Å². The van der Waals surface area contributed by atoms with Crippen molar-refractivity contribution in [1.82, 2.24) is 4.98 Å². The van der Waals surface area contributed by atoms with Crippen LogP contribution >= 0.6 is 11.3 Å². The topological polar surface area (TPSA) is 57.7 Å². The fraction of sp³-hybridized carbons (Fsp3) is 0.677. The second-order valence-electron chi connectivity index (χ2n) is 9.14. The predicted octanol–water partition coefficient (Wildman–Crippen LogP) is 8.83. The number of benzene rings is 1. The van der Waals surface area contributed by atoms with Crippen molar-refractivity contribution < 1.29 is 18.4 Å². The number of methoxy groups -OCH3 is 3. The van der Waals surface area contributed by atoms with E-state index in [2.05, 4.69) is 74.0 Å². The highest BCUT2D eigenvalue weighted by molar-refractivity contribution is 7.98. The largest absolute Gasteiger partial charge is 0.388 e. The van der Waals surface area contributed by atoms with Gasteiger partial charge >= 0.3 is 0 Å². The van der Waals surface area contributed by atoms with E-state index < -0.39 is 9.52 Å². The quantitative estimate of drug-likeness (QED) is 0.340. The summed E-state index contributed by atoms with van der Waals surface area (Å²) in [6.45, 7) is 21.7. The van der Waals surface area contributed by atoms with Crippen molar-refractivity contribution in [3.8, 4) is 0 Å². The van der Waals surface area contributed by atoms with Crippen molar-refractivity contribution in [1.29, 1.82) is 0 Å². The Morgan fingerprint density at radius 2 is 1.21 bits per heavy atom. The Hall–Kier alpha value is -1.25. The van der Waals surface area contributed by atoms with Crippen molar-refractivity contribution in [2.24, 2.45) is 5.92 Å². The third kappa shape index (κ3) is 126. The Morgan fingerprint density at radius 3 is 1.29 bits per heavy atom. The van der Waals surface area contributed by atoms with Gasteiger partial charge in [0.25, 0.3) is 0 Å². The maximum Gasteiger partial charge on any atom is 0.0893 e. The van der Waals surface area contributed by atoms with Crippen molar-refractivity contribution in [2.75, 3.05) is 47.6 Å². The lowest BCUT2D eigenvalue weighted by molar-refractivity contribution is 0.134. The molecule has 0 aliphatic heterocycles. The minimum absolute atomic E-state index is 0.384. The molecule has 5 nitrogen and oxygen atoms in total. The molecule has 0 aliphatic carbocycles. The van der Waals surface area contributed by atoms with Gasteiger partial charge in [0.1, 0.15) is 0 Å². The summed E-state index contributed by atoms with van der Waals surface area (Å²) >= 11 is 1.67. The Balaban J connectivity index is -0.0000000782. The molecule has 1 heterocycles. The summed E-state index contributed by atoms with van der Waals surface area (Å²) in [7, 11) is 4.96. The first-order chi connectivity index (χ1) is 17.5. The third-order valence-corrected chi connectivity index (χ3v) is 3.46. The van der Waals surface area contributed by atoms with E-state index in [-0.39, 0.29) is 0 Å². The molecule has 0 saturated heterocycles. The number of aromatic nitrogens is 1. The van der Waals surface area contributed by atoms with Gasteiger partial charge in [-0.15, -0.1) is 11.3 Å². The Labute approximate surface area is 243 Å². The number of hydrogen-bond donors (Lipinski definition) is 0. The highest BCUT2D eigenvalue weighted by atomic mass is 32.2. The second kappa shape index (κ2) is 42.8. The van der Waals surface area contributed by atoms with Crippen molar-refractivity contribution >= 4 is 26.7 Å². The summed E-state index contributed by atoms with van der Waals surface area (Å²) in [6, 6.07) is 10.3. The van der Waals surface area contributed by atoms with Crippen LogP contribution in [0.4, 0.5) is 0 Å². The van der Waals surface area contributed by atoms with E-state index in [1.54, 1.807) is 58.5 Å². The van der Waals surface area contributed by atoms with Gasteiger partial charge < -0.3 is 14.2 Å². The van der Waals surface area contributed by atoms with Gasteiger partial charge in [-0.25, -0.2) is 0 Å². The molecule has 2 rings (SSSR count). The molecule has 1 aromatic heterocycles.